The summed E-state index contributed by atoms with van der Waals surface area (Å²) in [7, 11) is 0. The van der Waals surface area contributed by atoms with Crippen molar-refractivity contribution in [2.24, 2.45) is 35.3 Å². The van der Waals surface area contributed by atoms with Gasteiger partial charge in [-0.15, -0.1) is 0 Å². The van der Waals surface area contributed by atoms with Gasteiger partial charge in [0.25, 0.3) is 0 Å². The van der Waals surface area contributed by atoms with Gasteiger partial charge in [0, 0.05) is 19.4 Å². The van der Waals surface area contributed by atoms with Crippen molar-refractivity contribution >= 4 is 101 Å². The number of amides is 13. The fourth-order valence-electron chi connectivity index (χ4n) is 9.76. The number of aliphatic carboxylic acids is 4. The molecule has 1 aliphatic heterocycles. The zero-order valence-electron chi connectivity index (χ0n) is 56.6. The first-order chi connectivity index (χ1) is 45.1. The van der Waals surface area contributed by atoms with Crippen LogP contribution >= 0.6 is 0 Å². The third-order valence-electron chi connectivity index (χ3n) is 14.8. The number of nitrogens with zero attached hydrogens (tertiary/aromatic N) is 1. The lowest BCUT2D eigenvalue weighted by Crippen LogP contribution is -2.63. The molecular formula is C60H100N14O23. The van der Waals surface area contributed by atoms with Crippen molar-refractivity contribution in [1.29, 1.82) is 0 Å². The van der Waals surface area contributed by atoms with Gasteiger partial charge in [-0.25, -0.2) is 4.79 Å². The molecule has 0 spiro atoms. The van der Waals surface area contributed by atoms with Crippen LogP contribution in [-0.4, -0.2) is 242 Å². The molecule has 0 aliphatic carbocycles. The minimum absolute atomic E-state index is 0.00851. The minimum Gasteiger partial charge on any atom is -0.481 e. The van der Waals surface area contributed by atoms with E-state index in [1.54, 1.807) is 27.7 Å². The number of aliphatic hydroxyl groups excluding tert-OH is 2. The van der Waals surface area contributed by atoms with Crippen LogP contribution in [0.25, 0.3) is 0 Å². The quantitative estimate of drug-likeness (QED) is 0.0270. The zero-order valence-corrected chi connectivity index (χ0v) is 56.6. The number of likely N-dealkylation sites (tertiary alicyclic amines) is 1. The van der Waals surface area contributed by atoms with E-state index in [9.17, 15) is 102 Å². The number of carboxylic acid groups (broad SMARTS) is 4. The Morgan fingerprint density at radius 1 is 0.433 bits per heavy atom. The van der Waals surface area contributed by atoms with Crippen molar-refractivity contribution in [2.45, 2.75) is 213 Å². The maximum Gasteiger partial charge on any atom is 0.326 e. The van der Waals surface area contributed by atoms with Gasteiger partial charge in [-0.2, -0.15) is 0 Å². The SMILES string of the molecule is CC(C)C[C@H](NC(=O)[C@H](CC(=O)O)NC(=O)CNC(=O)[C@@H](N)CC(C)C)C(=O)N[C@H](C(=O)N[C@H](C(=O)N[C@H](C(=O)N[C@@H](CO)C(=O)N[C@@H](CC(C)C)C(=O)N1CCC[C@H]1C(=O)NCC(=O)NCC(=O)N[C@@H](CCC(=O)O)C(=O)N[C@@H](CCC(=O)O)C(=O)O)C(C)C)[C@@H](C)O)C(C)C. The molecule has 1 rings (SSSR count). The van der Waals surface area contributed by atoms with Gasteiger partial charge in [-0.05, 0) is 81.5 Å². The lowest BCUT2D eigenvalue weighted by Gasteiger charge is -2.31. The molecule has 0 unspecified atom stereocenters. The number of nitrogens with two attached hydrogens (primary N) is 1. The molecule has 548 valence electrons. The lowest BCUT2D eigenvalue weighted by molar-refractivity contribution is -0.144. The summed E-state index contributed by atoms with van der Waals surface area (Å²) in [4.78, 5) is 222. The number of hydrogen-bond donors (Lipinski definition) is 19. The van der Waals surface area contributed by atoms with Crippen molar-refractivity contribution in [1.82, 2.24) is 68.7 Å². The molecular weight excluding hydrogens is 1280 g/mol. The number of carbonyl (C=O) groups is 17. The number of aliphatic hydroxyl groups is 2. The zero-order chi connectivity index (χ0) is 74.3. The Balaban J connectivity index is 3.19. The maximum atomic E-state index is 14.2. The third-order valence-corrected chi connectivity index (χ3v) is 14.8. The summed E-state index contributed by atoms with van der Waals surface area (Å²) in [6.45, 7) is 14.4. The lowest BCUT2D eigenvalue weighted by atomic mass is 9.98. The van der Waals surface area contributed by atoms with Gasteiger partial charge >= 0.3 is 23.9 Å². The largest absolute Gasteiger partial charge is 0.481 e. The number of nitrogens with one attached hydrogen (secondary N) is 12. The average Bonchev–Trinajstić information content (AvgIpc) is 1.83. The number of carbonyl (C=O) groups excluding carboxylic acids is 13. The van der Waals surface area contributed by atoms with Crippen LogP contribution in [0.5, 0.6) is 0 Å². The third kappa shape index (κ3) is 32.0. The second kappa shape index (κ2) is 42.4. The molecule has 97 heavy (non-hydrogen) atoms. The molecule has 1 heterocycles. The predicted octanol–water partition coefficient (Wildman–Crippen LogP) is -5.87. The number of hydrogen-bond acceptors (Lipinski definition) is 20. The predicted molar refractivity (Wildman–Crippen MR) is 340 cm³/mol. The van der Waals surface area contributed by atoms with Crippen LogP contribution in [0.15, 0.2) is 0 Å². The Morgan fingerprint density at radius 2 is 0.845 bits per heavy atom. The molecule has 1 aliphatic rings. The van der Waals surface area contributed by atoms with Crippen LogP contribution in [0.3, 0.4) is 0 Å². The van der Waals surface area contributed by atoms with Crippen LogP contribution in [0.1, 0.15) is 140 Å². The summed E-state index contributed by atoms with van der Waals surface area (Å²) in [5.41, 5.74) is 5.86. The molecule has 0 aromatic carbocycles. The number of rotatable bonds is 44. The fraction of sp³-hybridized carbons (Fsp3) is 0.717. The molecule has 0 bridgehead atoms. The molecule has 0 aromatic rings. The van der Waals surface area contributed by atoms with Crippen molar-refractivity contribution < 1.29 is 112 Å². The van der Waals surface area contributed by atoms with Gasteiger partial charge < -0.3 is 105 Å². The molecule has 20 N–H and O–H groups in total. The first-order valence-corrected chi connectivity index (χ1v) is 31.9. The Labute approximate surface area is 560 Å². The highest BCUT2D eigenvalue weighted by Crippen LogP contribution is 2.21. The summed E-state index contributed by atoms with van der Waals surface area (Å²) in [5.74, 6) is -20.5. The van der Waals surface area contributed by atoms with Crippen LogP contribution < -0.4 is 69.5 Å². The van der Waals surface area contributed by atoms with Crippen molar-refractivity contribution in [3.8, 4) is 0 Å². The highest BCUT2D eigenvalue weighted by Gasteiger charge is 2.41. The summed E-state index contributed by atoms with van der Waals surface area (Å²) in [6, 6.07) is -16.6. The van der Waals surface area contributed by atoms with Gasteiger partial charge in [0.1, 0.15) is 60.4 Å². The summed E-state index contributed by atoms with van der Waals surface area (Å²) in [6.07, 6.45) is -4.39. The van der Waals surface area contributed by atoms with Gasteiger partial charge in [0.05, 0.1) is 44.8 Å². The molecule has 0 aromatic heterocycles. The van der Waals surface area contributed by atoms with E-state index in [4.69, 9.17) is 15.9 Å². The topological polar surface area (TPSA) is 585 Å². The average molecular weight is 1390 g/mol. The highest BCUT2D eigenvalue weighted by atomic mass is 16.4. The Kier molecular flexibility index (Phi) is 37.6. The van der Waals surface area contributed by atoms with Crippen LogP contribution in [0.4, 0.5) is 0 Å². The molecule has 37 heteroatoms. The van der Waals surface area contributed by atoms with Crippen LogP contribution in [-0.2, 0) is 81.5 Å². The van der Waals surface area contributed by atoms with E-state index in [1.165, 1.54) is 27.7 Å². The van der Waals surface area contributed by atoms with E-state index in [-0.39, 0.29) is 43.6 Å². The standard InChI is InChI=1S/C60H100N14O23/c1-27(2)19-33(61)50(86)63-25-43(79)66-37(22-46(84)85)52(88)68-36(20-28(3)4)53(89)71-48(31(9)10)57(93)73-49(32(11)76)58(94)72-47(30(7)8)56(92)70-39(26-75)54(90)69-38(21-29(5)6)59(95)74-18-12-13-40(74)55(91)64-23-41(77)62-24-42(78)65-34(14-16-44(80)81)51(87)67-35(60(96)97)15-17-45(82)83/h27-40,47-49,75-76H,12-26,61H2,1-11H3,(H,62,77)(H,63,86)(H,64,91)(H,65,78)(H,66,79)(H,67,87)(H,68,88)(H,69,90)(H,70,92)(H,71,89)(H,72,94)(H,73,93)(H,80,81)(H,82,83)(H,84,85)(H,96,97)/t32-,33+,34+,35+,36+,37+,38+,39+,40+,47+,48+,49+/m1/s1. The fourth-order valence-corrected chi connectivity index (χ4v) is 9.76. The van der Waals surface area contributed by atoms with Crippen molar-refractivity contribution in [3.63, 3.8) is 0 Å². The van der Waals surface area contributed by atoms with Crippen molar-refractivity contribution in [3.05, 3.63) is 0 Å². The molecule has 0 saturated carbocycles. The Bertz CT molecular complexity index is 2800. The van der Waals surface area contributed by atoms with Crippen LogP contribution in [0, 0.1) is 29.6 Å². The second-order valence-electron chi connectivity index (χ2n) is 25.6. The molecule has 0 radical (unpaired) electrons. The first kappa shape index (κ1) is 85.9. The van der Waals surface area contributed by atoms with E-state index in [1.807, 2.05) is 19.2 Å². The summed E-state index contributed by atoms with van der Waals surface area (Å²) >= 11 is 0. The van der Waals surface area contributed by atoms with Gasteiger partial charge in [0.15, 0.2) is 0 Å². The molecule has 1 fully saturated rings. The van der Waals surface area contributed by atoms with E-state index < -0.39 is 243 Å². The van der Waals surface area contributed by atoms with Gasteiger partial charge in [-0.3, -0.25) is 76.7 Å². The summed E-state index contributed by atoms with van der Waals surface area (Å²) in [5, 5.41) is 86.3. The first-order valence-electron chi connectivity index (χ1n) is 31.9. The van der Waals surface area contributed by atoms with E-state index >= 15 is 0 Å². The van der Waals surface area contributed by atoms with Crippen LogP contribution in [0.2, 0.25) is 0 Å². The van der Waals surface area contributed by atoms with E-state index in [2.05, 4.69) is 58.5 Å². The molecule has 13 amide bonds. The van der Waals surface area contributed by atoms with E-state index in [0.29, 0.717) is 12.8 Å². The molecule has 12 atom stereocenters. The van der Waals surface area contributed by atoms with Crippen molar-refractivity contribution in [2.75, 3.05) is 32.8 Å². The van der Waals surface area contributed by atoms with Gasteiger partial charge in [-0.1, -0.05) is 69.2 Å². The minimum atomic E-state index is -1.82. The smallest absolute Gasteiger partial charge is 0.326 e. The number of carboxylic acids is 4. The monoisotopic (exact) mass is 1380 g/mol. The Morgan fingerprint density at radius 3 is 1.34 bits per heavy atom. The second-order valence-corrected chi connectivity index (χ2v) is 25.6. The maximum absolute atomic E-state index is 14.2. The summed E-state index contributed by atoms with van der Waals surface area (Å²) < 4.78 is 0. The normalized spacial score (nSPS) is 16.2. The highest BCUT2D eigenvalue weighted by molar-refractivity contribution is 6.00. The van der Waals surface area contributed by atoms with E-state index in [0.717, 1.165) is 11.8 Å². The molecule has 37 nitrogen and oxygen atoms in total. The van der Waals surface area contributed by atoms with Gasteiger partial charge in [0.2, 0.25) is 76.8 Å². The Hall–Kier alpha value is -9.13. The molecule has 1 saturated heterocycles.